The molecule has 2 rings (SSSR count). The molecule has 0 radical (unpaired) electrons. The lowest BCUT2D eigenvalue weighted by Crippen LogP contribution is -2.37. The summed E-state index contributed by atoms with van der Waals surface area (Å²) in [5.41, 5.74) is 2.00. The van der Waals surface area contributed by atoms with Gasteiger partial charge in [-0.2, -0.15) is 0 Å². The van der Waals surface area contributed by atoms with Crippen LogP contribution in [0.25, 0.3) is 0 Å². The normalized spacial score (nSPS) is 19.8. The van der Waals surface area contributed by atoms with Gasteiger partial charge < -0.3 is 14.9 Å². The molecule has 1 saturated heterocycles. The first-order chi connectivity index (χ1) is 9.51. The van der Waals surface area contributed by atoms with Crippen LogP contribution in [0.4, 0.5) is 5.82 Å². The van der Waals surface area contributed by atoms with Crippen LogP contribution in [0.15, 0.2) is 12.1 Å². The van der Waals surface area contributed by atoms with E-state index < -0.39 is 0 Å². The summed E-state index contributed by atoms with van der Waals surface area (Å²) in [5.74, 6) is 1.35. The maximum Gasteiger partial charge on any atom is 0.128 e. The van der Waals surface area contributed by atoms with Gasteiger partial charge in [0.05, 0.1) is 6.61 Å². The minimum absolute atomic E-state index is 0.0758. The van der Waals surface area contributed by atoms with E-state index in [0.717, 1.165) is 23.6 Å². The Hall–Kier alpha value is -1.13. The highest BCUT2D eigenvalue weighted by Gasteiger charge is 2.22. The predicted octanol–water partition coefficient (Wildman–Crippen LogP) is 2.23. The van der Waals surface area contributed by atoms with Crippen LogP contribution in [0.5, 0.6) is 0 Å². The summed E-state index contributed by atoms with van der Waals surface area (Å²) in [5, 5.41) is 9.42. The Morgan fingerprint density at radius 1 is 1.45 bits per heavy atom. The number of hydrogen-bond acceptors (Lipinski definition) is 4. The molecule has 0 amide bonds. The minimum atomic E-state index is 0.0758. The molecule has 0 bridgehead atoms. The Bertz CT molecular complexity index is 447. The molecule has 1 unspecified atom stereocenters. The second kappa shape index (κ2) is 6.55. The Kier molecular flexibility index (Phi) is 5.00. The molecular formula is C16H27N3O. The van der Waals surface area contributed by atoms with E-state index in [2.05, 4.69) is 37.7 Å². The van der Waals surface area contributed by atoms with Crippen molar-refractivity contribution in [1.82, 2.24) is 9.88 Å². The first-order valence-electron chi connectivity index (χ1n) is 7.54. The van der Waals surface area contributed by atoms with E-state index in [1.54, 1.807) is 0 Å². The summed E-state index contributed by atoms with van der Waals surface area (Å²) >= 11 is 0. The molecule has 4 nitrogen and oxygen atoms in total. The maximum absolute atomic E-state index is 9.42. The van der Waals surface area contributed by atoms with Crippen molar-refractivity contribution >= 4 is 5.82 Å². The zero-order valence-electron chi connectivity index (χ0n) is 13.1. The summed E-state index contributed by atoms with van der Waals surface area (Å²) in [6.45, 7) is 6.54. The lowest BCUT2D eigenvalue weighted by Gasteiger charge is -2.27. The standard InChI is InChI=1S/C16H27N3O/c1-12(2)15-8-13(11-20)9-16(17-15)19(4)10-14-6-5-7-18(14)3/h8-9,12,14,20H,5-7,10-11H2,1-4H3. The molecule has 112 valence electrons. The number of aromatic nitrogens is 1. The van der Waals surface area contributed by atoms with E-state index in [9.17, 15) is 5.11 Å². The number of hydrogen-bond donors (Lipinski definition) is 1. The molecule has 2 heterocycles. The van der Waals surface area contributed by atoms with Crippen molar-refractivity contribution in [3.63, 3.8) is 0 Å². The number of aliphatic hydroxyl groups excluding tert-OH is 1. The van der Waals surface area contributed by atoms with Gasteiger partial charge in [-0.05, 0) is 50.0 Å². The zero-order valence-corrected chi connectivity index (χ0v) is 13.1. The van der Waals surface area contributed by atoms with Crippen molar-refractivity contribution in [3.8, 4) is 0 Å². The number of likely N-dealkylation sites (N-methyl/N-ethyl adjacent to an activating group) is 2. The molecule has 1 atom stereocenters. The number of likely N-dealkylation sites (tertiary alicyclic amines) is 1. The topological polar surface area (TPSA) is 39.6 Å². The van der Waals surface area contributed by atoms with Gasteiger partial charge in [-0.25, -0.2) is 4.98 Å². The third-order valence-electron chi connectivity index (χ3n) is 4.21. The van der Waals surface area contributed by atoms with Gasteiger partial charge in [0, 0.05) is 25.3 Å². The molecule has 0 saturated carbocycles. The van der Waals surface area contributed by atoms with Crippen molar-refractivity contribution in [3.05, 3.63) is 23.4 Å². The zero-order chi connectivity index (χ0) is 14.7. The molecular weight excluding hydrogens is 250 g/mol. The molecule has 1 aromatic heterocycles. The Morgan fingerprint density at radius 3 is 2.75 bits per heavy atom. The van der Waals surface area contributed by atoms with Gasteiger partial charge in [0.25, 0.3) is 0 Å². The molecule has 0 aromatic carbocycles. The van der Waals surface area contributed by atoms with Crippen LogP contribution in [0.2, 0.25) is 0 Å². The van der Waals surface area contributed by atoms with E-state index in [-0.39, 0.29) is 6.61 Å². The fraction of sp³-hybridized carbons (Fsp3) is 0.688. The van der Waals surface area contributed by atoms with Crippen LogP contribution >= 0.6 is 0 Å². The molecule has 0 spiro atoms. The van der Waals surface area contributed by atoms with Crippen LogP contribution in [-0.4, -0.2) is 48.2 Å². The minimum Gasteiger partial charge on any atom is -0.392 e. The fourth-order valence-corrected chi connectivity index (χ4v) is 2.80. The molecule has 1 fully saturated rings. The van der Waals surface area contributed by atoms with Crippen molar-refractivity contribution < 1.29 is 5.11 Å². The summed E-state index contributed by atoms with van der Waals surface area (Å²) in [6, 6.07) is 4.62. The van der Waals surface area contributed by atoms with Crippen molar-refractivity contribution in [2.75, 3.05) is 32.1 Å². The van der Waals surface area contributed by atoms with Crippen molar-refractivity contribution in [2.45, 2.75) is 45.3 Å². The van der Waals surface area contributed by atoms with Crippen molar-refractivity contribution in [2.24, 2.45) is 0 Å². The van der Waals surface area contributed by atoms with Gasteiger partial charge in [0.2, 0.25) is 0 Å². The van der Waals surface area contributed by atoms with Crippen molar-refractivity contribution in [1.29, 1.82) is 0 Å². The highest BCUT2D eigenvalue weighted by Crippen LogP contribution is 2.22. The lowest BCUT2D eigenvalue weighted by molar-refractivity contribution is 0.281. The smallest absolute Gasteiger partial charge is 0.128 e. The summed E-state index contributed by atoms with van der Waals surface area (Å²) in [7, 11) is 4.29. The highest BCUT2D eigenvalue weighted by molar-refractivity contribution is 5.42. The highest BCUT2D eigenvalue weighted by atomic mass is 16.3. The SMILES string of the molecule is CC(C)c1cc(CO)cc(N(C)CC2CCCN2C)n1. The molecule has 1 aromatic rings. The van der Waals surface area contributed by atoms with Gasteiger partial charge in [-0.15, -0.1) is 0 Å². The predicted molar refractivity (Wildman–Crippen MR) is 83.2 cm³/mol. The average molecular weight is 277 g/mol. The molecule has 1 N–H and O–H groups in total. The third-order valence-corrected chi connectivity index (χ3v) is 4.21. The fourth-order valence-electron chi connectivity index (χ4n) is 2.80. The summed E-state index contributed by atoms with van der Waals surface area (Å²) in [6.07, 6.45) is 2.55. The third kappa shape index (κ3) is 3.49. The summed E-state index contributed by atoms with van der Waals surface area (Å²) < 4.78 is 0. The van der Waals surface area contributed by atoms with E-state index in [1.807, 2.05) is 12.1 Å². The molecule has 4 heteroatoms. The average Bonchev–Trinajstić information content (AvgIpc) is 2.83. The molecule has 0 aliphatic carbocycles. The quantitative estimate of drug-likeness (QED) is 0.896. The Balaban J connectivity index is 2.15. The van der Waals surface area contributed by atoms with Crippen LogP contribution in [0.1, 0.15) is 43.9 Å². The molecule has 20 heavy (non-hydrogen) atoms. The lowest BCUT2D eigenvalue weighted by atomic mass is 10.1. The first-order valence-corrected chi connectivity index (χ1v) is 7.54. The second-order valence-electron chi connectivity index (χ2n) is 6.23. The van der Waals surface area contributed by atoms with E-state index in [0.29, 0.717) is 12.0 Å². The summed E-state index contributed by atoms with van der Waals surface area (Å²) in [4.78, 5) is 9.39. The Morgan fingerprint density at radius 2 is 2.20 bits per heavy atom. The van der Waals surface area contributed by atoms with E-state index >= 15 is 0 Å². The van der Waals surface area contributed by atoms with Crippen LogP contribution in [0, 0.1) is 0 Å². The number of anilines is 1. The van der Waals surface area contributed by atoms with E-state index in [4.69, 9.17) is 4.98 Å². The van der Waals surface area contributed by atoms with E-state index in [1.165, 1.54) is 19.4 Å². The molecule has 1 aliphatic rings. The van der Waals surface area contributed by atoms with Gasteiger partial charge >= 0.3 is 0 Å². The Labute approximate surface area is 122 Å². The number of nitrogens with zero attached hydrogens (tertiary/aromatic N) is 3. The maximum atomic E-state index is 9.42. The second-order valence-corrected chi connectivity index (χ2v) is 6.23. The molecule has 1 aliphatic heterocycles. The van der Waals surface area contributed by atoms with Gasteiger partial charge in [-0.1, -0.05) is 13.8 Å². The number of rotatable bonds is 5. The number of pyridine rings is 1. The van der Waals surface area contributed by atoms with Crippen LogP contribution in [-0.2, 0) is 6.61 Å². The van der Waals surface area contributed by atoms with Crippen LogP contribution in [0.3, 0.4) is 0 Å². The number of aliphatic hydroxyl groups is 1. The monoisotopic (exact) mass is 277 g/mol. The first kappa shape index (κ1) is 15.3. The van der Waals surface area contributed by atoms with Gasteiger partial charge in [0.1, 0.15) is 5.82 Å². The largest absolute Gasteiger partial charge is 0.392 e. The van der Waals surface area contributed by atoms with Gasteiger partial charge in [-0.3, -0.25) is 0 Å². The van der Waals surface area contributed by atoms with Crippen LogP contribution < -0.4 is 4.90 Å². The van der Waals surface area contributed by atoms with Gasteiger partial charge in [0.15, 0.2) is 0 Å².